The van der Waals surface area contributed by atoms with Gasteiger partial charge in [-0.05, 0) is 6.92 Å². The number of nitrogens with two attached hydrogens (primary N) is 1. The summed E-state index contributed by atoms with van der Waals surface area (Å²) in [6, 6.07) is 0. The Morgan fingerprint density at radius 2 is 2.33 bits per heavy atom. The van der Waals surface area contributed by atoms with Gasteiger partial charge < -0.3 is 16.2 Å². The van der Waals surface area contributed by atoms with E-state index in [2.05, 4.69) is 15.4 Å². The number of aromatic carboxylic acids is 1. The van der Waals surface area contributed by atoms with Gasteiger partial charge in [-0.2, -0.15) is 5.10 Å². The van der Waals surface area contributed by atoms with E-state index in [-0.39, 0.29) is 5.56 Å². The molecule has 0 fully saturated rings. The summed E-state index contributed by atoms with van der Waals surface area (Å²) in [5.41, 5.74) is 7.49. The Morgan fingerprint density at radius 3 is 2.94 bits per heavy atom. The summed E-state index contributed by atoms with van der Waals surface area (Å²) in [4.78, 5) is 15.3. The maximum Gasteiger partial charge on any atom is 0.339 e. The van der Waals surface area contributed by atoms with Gasteiger partial charge in [-0.1, -0.05) is 0 Å². The van der Waals surface area contributed by atoms with Gasteiger partial charge in [0.25, 0.3) is 0 Å². The lowest BCUT2D eigenvalue weighted by atomic mass is 10.1. The number of aromatic nitrogens is 3. The highest BCUT2D eigenvalue weighted by atomic mass is 16.4. The molecule has 0 bridgehead atoms. The molecule has 0 saturated heterocycles. The van der Waals surface area contributed by atoms with Crippen molar-refractivity contribution in [1.82, 2.24) is 14.8 Å². The van der Waals surface area contributed by atoms with Gasteiger partial charge in [0.15, 0.2) is 5.65 Å². The molecule has 0 aliphatic heterocycles. The number of pyridine rings is 1. The van der Waals surface area contributed by atoms with E-state index in [1.807, 2.05) is 6.92 Å². The molecule has 2 heterocycles. The van der Waals surface area contributed by atoms with Crippen LogP contribution >= 0.6 is 0 Å². The van der Waals surface area contributed by atoms with E-state index in [4.69, 9.17) is 5.73 Å². The third-order valence-corrected chi connectivity index (χ3v) is 2.70. The topological polar surface area (TPSA) is 106 Å². The molecule has 0 unspecified atom stereocenters. The molecule has 18 heavy (non-hydrogen) atoms. The zero-order valence-corrected chi connectivity index (χ0v) is 10.3. The van der Waals surface area contributed by atoms with Crippen LogP contribution in [0, 0.1) is 6.92 Å². The van der Waals surface area contributed by atoms with E-state index < -0.39 is 5.97 Å². The van der Waals surface area contributed by atoms with Gasteiger partial charge in [0.05, 0.1) is 16.8 Å². The fraction of sp³-hybridized carbons (Fsp3) is 0.364. The van der Waals surface area contributed by atoms with E-state index in [0.717, 1.165) is 11.1 Å². The van der Waals surface area contributed by atoms with Crippen LogP contribution in [-0.2, 0) is 7.05 Å². The lowest BCUT2D eigenvalue weighted by Crippen LogP contribution is -2.16. The maximum atomic E-state index is 11.2. The van der Waals surface area contributed by atoms with Gasteiger partial charge in [0.1, 0.15) is 5.56 Å². The Morgan fingerprint density at radius 1 is 1.61 bits per heavy atom. The van der Waals surface area contributed by atoms with Crippen molar-refractivity contribution in [1.29, 1.82) is 0 Å². The van der Waals surface area contributed by atoms with Gasteiger partial charge >= 0.3 is 5.97 Å². The van der Waals surface area contributed by atoms with Crippen LogP contribution in [0.1, 0.15) is 16.1 Å². The van der Waals surface area contributed by atoms with Gasteiger partial charge in [-0.25, -0.2) is 9.78 Å². The molecule has 0 aliphatic rings. The van der Waals surface area contributed by atoms with E-state index in [9.17, 15) is 9.90 Å². The summed E-state index contributed by atoms with van der Waals surface area (Å²) in [7, 11) is 1.77. The molecule has 7 nitrogen and oxygen atoms in total. The number of carboxylic acids is 1. The number of fused-ring (bicyclic) bond motifs is 1. The Hall–Kier alpha value is -2.15. The highest BCUT2D eigenvalue weighted by molar-refractivity contribution is 6.04. The summed E-state index contributed by atoms with van der Waals surface area (Å²) in [6.45, 7) is 2.74. The van der Waals surface area contributed by atoms with Crippen LogP contribution in [0.5, 0.6) is 0 Å². The highest BCUT2D eigenvalue weighted by Crippen LogP contribution is 2.28. The molecule has 96 valence electrons. The maximum absolute atomic E-state index is 11.2. The Kier molecular flexibility index (Phi) is 3.15. The van der Waals surface area contributed by atoms with Crippen molar-refractivity contribution in [2.45, 2.75) is 6.92 Å². The summed E-state index contributed by atoms with van der Waals surface area (Å²) in [6.07, 6.45) is 1.34. The van der Waals surface area contributed by atoms with Gasteiger partial charge in [-0.15, -0.1) is 0 Å². The molecular formula is C11H15N5O2. The van der Waals surface area contributed by atoms with E-state index in [0.29, 0.717) is 24.4 Å². The number of hydrogen-bond acceptors (Lipinski definition) is 5. The second kappa shape index (κ2) is 4.61. The minimum Gasteiger partial charge on any atom is -0.478 e. The van der Waals surface area contributed by atoms with Gasteiger partial charge in [-0.3, -0.25) is 4.68 Å². The number of aryl methyl sites for hydroxylation is 2. The minimum absolute atomic E-state index is 0.132. The first-order valence-electron chi connectivity index (χ1n) is 5.55. The van der Waals surface area contributed by atoms with Crippen LogP contribution in [0.2, 0.25) is 0 Å². The Labute approximate surface area is 104 Å². The predicted molar refractivity (Wildman–Crippen MR) is 67.7 cm³/mol. The van der Waals surface area contributed by atoms with Crippen molar-refractivity contribution in [3.63, 3.8) is 0 Å². The van der Waals surface area contributed by atoms with Crippen molar-refractivity contribution in [2.75, 3.05) is 18.4 Å². The van der Waals surface area contributed by atoms with Crippen molar-refractivity contribution in [3.05, 3.63) is 17.5 Å². The third-order valence-electron chi connectivity index (χ3n) is 2.70. The smallest absolute Gasteiger partial charge is 0.339 e. The Balaban J connectivity index is 2.71. The molecule has 0 atom stereocenters. The monoisotopic (exact) mass is 249 g/mol. The van der Waals surface area contributed by atoms with Crippen LogP contribution in [-0.4, -0.2) is 38.9 Å². The van der Waals surface area contributed by atoms with E-state index >= 15 is 0 Å². The number of carboxylic acid groups (broad SMARTS) is 1. The van der Waals surface area contributed by atoms with Crippen LogP contribution in [0.25, 0.3) is 11.0 Å². The van der Waals surface area contributed by atoms with E-state index in [1.165, 1.54) is 6.20 Å². The first kappa shape index (κ1) is 12.3. The molecule has 0 aliphatic carbocycles. The van der Waals surface area contributed by atoms with Crippen molar-refractivity contribution >= 4 is 22.7 Å². The van der Waals surface area contributed by atoms with E-state index in [1.54, 1.807) is 11.7 Å². The van der Waals surface area contributed by atoms with Gasteiger partial charge in [0.2, 0.25) is 0 Å². The number of carbonyl (C=O) groups is 1. The number of hydrogen-bond donors (Lipinski definition) is 3. The standard InChI is InChI=1S/C11H15N5O2/c1-6-8-9(13-4-3-12)7(11(17)18)5-14-10(8)16(2)15-6/h5H,3-4,12H2,1-2H3,(H,13,14)(H,17,18). The zero-order valence-electron chi connectivity index (χ0n) is 10.3. The average molecular weight is 249 g/mol. The van der Waals surface area contributed by atoms with Crippen molar-refractivity contribution in [2.24, 2.45) is 12.8 Å². The fourth-order valence-electron chi connectivity index (χ4n) is 1.95. The number of nitrogens with zero attached hydrogens (tertiary/aromatic N) is 3. The quantitative estimate of drug-likeness (QED) is 0.721. The molecule has 2 rings (SSSR count). The third kappa shape index (κ3) is 1.88. The SMILES string of the molecule is Cc1nn(C)c2ncc(C(=O)O)c(NCCN)c12. The molecule has 2 aromatic rings. The molecule has 0 saturated carbocycles. The molecule has 0 radical (unpaired) electrons. The first-order chi connectivity index (χ1) is 8.56. The average Bonchev–Trinajstić information content (AvgIpc) is 2.62. The lowest BCUT2D eigenvalue weighted by Gasteiger charge is -2.10. The minimum atomic E-state index is -1.02. The van der Waals surface area contributed by atoms with Crippen LogP contribution < -0.4 is 11.1 Å². The predicted octanol–water partition coefficient (Wildman–Crippen LogP) is 0.346. The highest BCUT2D eigenvalue weighted by Gasteiger charge is 2.18. The van der Waals surface area contributed by atoms with Crippen LogP contribution in [0.4, 0.5) is 5.69 Å². The van der Waals surface area contributed by atoms with Gasteiger partial charge in [0, 0.05) is 26.3 Å². The lowest BCUT2D eigenvalue weighted by molar-refractivity contribution is 0.0697. The first-order valence-corrected chi connectivity index (χ1v) is 5.55. The van der Waals surface area contributed by atoms with Crippen LogP contribution in [0.3, 0.4) is 0 Å². The zero-order chi connectivity index (χ0) is 13.3. The molecule has 0 spiro atoms. The van der Waals surface area contributed by atoms with Crippen molar-refractivity contribution < 1.29 is 9.90 Å². The fourth-order valence-corrected chi connectivity index (χ4v) is 1.95. The molecule has 0 aromatic carbocycles. The van der Waals surface area contributed by atoms with Crippen LogP contribution in [0.15, 0.2) is 6.20 Å². The normalized spacial score (nSPS) is 10.8. The number of rotatable bonds is 4. The molecule has 2 aromatic heterocycles. The second-order valence-electron chi connectivity index (χ2n) is 3.98. The summed E-state index contributed by atoms with van der Waals surface area (Å²) in [5.74, 6) is -1.02. The second-order valence-corrected chi connectivity index (χ2v) is 3.98. The summed E-state index contributed by atoms with van der Waals surface area (Å²) in [5, 5.41) is 17.2. The summed E-state index contributed by atoms with van der Waals surface area (Å²) < 4.78 is 1.63. The molecule has 4 N–H and O–H groups in total. The summed E-state index contributed by atoms with van der Waals surface area (Å²) >= 11 is 0. The molecular weight excluding hydrogens is 234 g/mol. The molecule has 7 heteroatoms. The number of anilines is 1. The molecule has 0 amide bonds. The number of nitrogens with one attached hydrogen (secondary N) is 1. The largest absolute Gasteiger partial charge is 0.478 e. The van der Waals surface area contributed by atoms with Crippen molar-refractivity contribution in [3.8, 4) is 0 Å². The Bertz CT molecular complexity index is 605.